The van der Waals surface area contributed by atoms with Crippen molar-refractivity contribution in [3.63, 3.8) is 0 Å². The fourth-order valence-corrected chi connectivity index (χ4v) is 6.14. The third-order valence-electron chi connectivity index (χ3n) is 7.57. The molecule has 0 aromatic heterocycles. The summed E-state index contributed by atoms with van der Waals surface area (Å²) >= 11 is 0. The van der Waals surface area contributed by atoms with E-state index in [2.05, 4.69) is 15.5 Å². The monoisotopic (exact) mass is 590 g/mol. The molecule has 0 aliphatic carbocycles. The molecule has 2 N–H and O–H groups in total. The maximum Gasteiger partial charge on any atom is 0.318 e. The molecular formula is C33H42N4O4S. The number of hydrogen-bond acceptors (Lipinski definition) is 5. The molecule has 9 heteroatoms. The Kier molecular flexibility index (Phi) is 10.8. The van der Waals surface area contributed by atoms with Gasteiger partial charge in [-0.3, -0.25) is 4.79 Å². The van der Waals surface area contributed by atoms with Crippen molar-refractivity contribution >= 4 is 32.5 Å². The molecule has 0 spiro atoms. The zero-order chi connectivity index (χ0) is 30.1. The van der Waals surface area contributed by atoms with E-state index in [1.54, 1.807) is 29.2 Å². The van der Waals surface area contributed by atoms with Gasteiger partial charge in [0.2, 0.25) is 5.91 Å². The predicted octanol–water partition coefficient (Wildman–Crippen LogP) is 4.62. The number of amides is 3. The minimum Gasteiger partial charge on any atom is -0.348 e. The second-order valence-corrected chi connectivity index (χ2v) is 13.3. The van der Waals surface area contributed by atoms with Crippen molar-refractivity contribution in [2.24, 2.45) is 5.92 Å². The zero-order valence-corrected chi connectivity index (χ0v) is 25.5. The van der Waals surface area contributed by atoms with E-state index in [1.165, 1.54) is 5.41 Å². The van der Waals surface area contributed by atoms with Crippen LogP contribution in [-0.2, 0) is 21.1 Å². The highest BCUT2D eigenvalue weighted by molar-refractivity contribution is 7.94. The lowest BCUT2D eigenvalue weighted by molar-refractivity contribution is -0.123. The third-order valence-corrected chi connectivity index (χ3v) is 8.99. The van der Waals surface area contributed by atoms with Crippen molar-refractivity contribution in [1.29, 1.82) is 0 Å². The van der Waals surface area contributed by atoms with E-state index in [0.717, 1.165) is 29.4 Å². The van der Waals surface area contributed by atoms with Crippen LogP contribution in [0.2, 0.25) is 0 Å². The van der Waals surface area contributed by atoms with Gasteiger partial charge in [-0.15, -0.1) is 0 Å². The summed E-state index contributed by atoms with van der Waals surface area (Å²) in [6.45, 7) is 6.79. The lowest BCUT2D eigenvalue weighted by Gasteiger charge is -2.33. The number of benzene rings is 3. The van der Waals surface area contributed by atoms with Crippen LogP contribution in [0.1, 0.15) is 32.3 Å². The number of rotatable bonds is 11. The first-order valence-electron chi connectivity index (χ1n) is 14.6. The zero-order valence-electron chi connectivity index (χ0n) is 24.7. The van der Waals surface area contributed by atoms with Crippen LogP contribution in [0.15, 0.2) is 89.2 Å². The van der Waals surface area contributed by atoms with Crippen LogP contribution in [0.4, 0.5) is 4.79 Å². The molecule has 8 nitrogen and oxygen atoms in total. The molecule has 3 amide bonds. The molecule has 1 heterocycles. The quantitative estimate of drug-likeness (QED) is 0.340. The molecule has 0 saturated carbocycles. The fourth-order valence-electron chi connectivity index (χ4n) is 5.04. The Morgan fingerprint density at radius 1 is 0.881 bits per heavy atom. The van der Waals surface area contributed by atoms with Crippen LogP contribution in [0, 0.1) is 5.92 Å². The average Bonchev–Trinajstić information content (AvgIpc) is 2.98. The summed E-state index contributed by atoms with van der Waals surface area (Å²) < 4.78 is 26.6. The molecule has 0 bridgehead atoms. The number of aryl methyl sites for hydroxylation is 1. The molecule has 0 radical (unpaired) electrons. The van der Waals surface area contributed by atoms with Gasteiger partial charge in [-0.05, 0) is 60.7 Å². The molecule has 0 unspecified atom stereocenters. The molecule has 1 saturated heterocycles. The second kappa shape index (κ2) is 14.5. The minimum absolute atomic E-state index is 0.167. The first kappa shape index (κ1) is 31.3. The molecule has 3 aromatic rings. The number of fused-ring (bicyclic) bond motifs is 1. The number of piperazine rings is 1. The van der Waals surface area contributed by atoms with Gasteiger partial charge in [0.15, 0.2) is 9.84 Å². The van der Waals surface area contributed by atoms with Gasteiger partial charge in [-0.25, -0.2) is 13.2 Å². The van der Waals surface area contributed by atoms with E-state index >= 15 is 0 Å². The summed E-state index contributed by atoms with van der Waals surface area (Å²) in [5, 5.41) is 8.96. The molecule has 1 aliphatic rings. The van der Waals surface area contributed by atoms with Crippen molar-refractivity contribution in [1.82, 2.24) is 20.4 Å². The van der Waals surface area contributed by atoms with Crippen molar-refractivity contribution in [3.8, 4) is 0 Å². The number of carbonyl (C=O) groups excluding carboxylic acids is 2. The molecule has 42 heavy (non-hydrogen) atoms. The Balaban J connectivity index is 1.51. The third kappa shape index (κ3) is 8.90. The van der Waals surface area contributed by atoms with Crippen LogP contribution in [0.25, 0.3) is 10.8 Å². The van der Waals surface area contributed by atoms with Gasteiger partial charge < -0.3 is 20.4 Å². The maximum absolute atomic E-state index is 13.6. The van der Waals surface area contributed by atoms with Gasteiger partial charge in [-0.1, -0.05) is 80.6 Å². The van der Waals surface area contributed by atoms with Crippen molar-refractivity contribution in [2.45, 2.75) is 50.1 Å². The average molecular weight is 591 g/mol. The van der Waals surface area contributed by atoms with E-state index < -0.39 is 21.9 Å². The summed E-state index contributed by atoms with van der Waals surface area (Å²) in [4.78, 5) is 30.7. The molecule has 224 valence electrons. The minimum atomic E-state index is -3.76. The summed E-state index contributed by atoms with van der Waals surface area (Å²) in [6.07, 6.45) is 3.17. The Morgan fingerprint density at radius 2 is 1.55 bits per heavy atom. The molecule has 1 fully saturated rings. The number of likely N-dealkylation sites (N-methyl/N-ethyl adjacent to an activating group) is 1. The molecule has 2 atom stereocenters. The molecule has 4 rings (SSSR count). The van der Waals surface area contributed by atoms with Gasteiger partial charge in [0.05, 0.1) is 4.90 Å². The van der Waals surface area contributed by atoms with Crippen LogP contribution in [-0.4, -0.2) is 75.5 Å². The highest BCUT2D eigenvalue weighted by Gasteiger charge is 2.27. The highest BCUT2D eigenvalue weighted by Crippen LogP contribution is 2.21. The lowest BCUT2D eigenvalue weighted by atomic mass is 10.0. The van der Waals surface area contributed by atoms with Crippen LogP contribution >= 0.6 is 0 Å². The van der Waals surface area contributed by atoms with Gasteiger partial charge in [0.1, 0.15) is 6.04 Å². The van der Waals surface area contributed by atoms with Gasteiger partial charge in [-0.2, -0.15) is 0 Å². The lowest BCUT2D eigenvalue weighted by Crippen LogP contribution is -2.56. The van der Waals surface area contributed by atoms with Crippen LogP contribution in [0.5, 0.6) is 0 Å². The number of urea groups is 1. The predicted molar refractivity (Wildman–Crippen MR) is 168 cm³/mol. The number of sulfone groups is 1. The standard InChI is InChI=1S/C33H42N4O4S/c1-25(2)23-31(35-33(39)37-20-18-36(3)19-21-37)32(38)34-29(15-13-26-9-5-4-6-10-26)17-22-42(40,41)30-16-14-27-11-7-8-12-28(27)24-30/h4-12,14,16-17,22,24-25,29,31H,13,15,18-21,23H2,1-3H3,(H,34,38)(H,35,39)/b22-17+/t29-,31-/m0/s1. The largest absolute Gasteiger partial charge is 0.348 e. The van der Waals surface area contributed by atoms with Crippen molar-refractivity contribution < 1.29 is 18.0 Å². The van der Waals surface area contributed by atoms with E-state index in [-0.39, 0.29) is 22.8 Å². The summed E-state index contributed by atoms with van der Waals surface area (Å²) in [5.74, 6) is -0.155. The SMILES string of the molecule is CC(C)C[C@H](NC(=O)N1CCN(C)CC1)C(=O)N[C@H](/C=C/S(=O)(=O)c1ccc2ccccc2c1)CCc1ccccc1. The van der Waals surface area contributed by atoms with E-state index in [0.29, 0.717) is 32.4 Å². The Hall–Kier alpha value is -3.69. The first-order valence-corrected chi connectivity index (χ1v) is 16.2. The number of carbonyl (C=O) groups is 2. The number of nitrogens with zero attached hydrogens (tertiary/aromatic N) is 2. The Bertz CT molecular complexity index is 1480. The van der Waals surface area contributed by atoms with Crippen molar-refractivity contribution in [3.05, 3.63) is 89.8 Å². The summed E-state index contributed by atoms with van der Waals surface area (Å²) in [5.41, 5.74) is 1.09. The first-order chi connectivity index (χ1) is 20.1. The van der Waals surface area contributed by atoms with E-state index in [9.17, 15) is 18.0 Å². The van der Waals surface area contributed by atoms with E-state index in [1.807, 2.05) is 75.5 Å². The normalized spacial score (nSPS) is 16.0. The van der Waals surface area contributed by atoms with Gasteiger partial charge >= 0.3 is 6.03 Å². The summed E-state index contributed by atoms with van der Waals surface area (Å²) in [6, 6.07) is 21.0. The molecule has 1 aliphatic heterocycles. The molecular weight excluding hydrogens is 548 g/mol. The topological polar surface area (TPSA) is 98.8 Å². The van der Waals surface area contributed by atoms with Crippen molar-refractivity contribution in [2.75, 3.05) is 33.2 Å². The summed E-state index contributed by atoms with van der Waals surface area (Å²) in [7, 11) is -1.73. The molecule has 3 aromatic carbocycles. The smallest absolute Gasteiger partial charge is 0.318 e. The maximum atomic E-state index is 13.6. The Labute approximate surface area is 249 Å². The van der Waals surface area contributed by atoms with Crippen LogP contribution in [0.3, 0.4) is 0 Å². The number of hydrogen-bond donors (Lipinski definition) is 2. The van der Waals surface area contributed by atoms with Gasteiger partial charge in [0.25, 0.3) is 0 Å². The fraction of sp³-hybridized carbons (Fsp3) is 0.394. The second-order valence-electron chi connectivity index (χ2n) is 11.4. The van der Waals surface area contributed by atoms with Gasteiger partial charge in [0, 0.05) is 37.6 Å². The van der Waals surface area contributed by atoms with Crippen LogP contribution < -0.4 is 10.6 Å². The highest BCUT2D eigenvalue weighted by atomic mass is 32.2. The Morgan fingerprint density at radius 3 is 2.24 bits per heavy atom. The number of nitrogens with one attached hydrogen (secondary N) is 2. The van der Waals surface area contributed by atoms with E-state index in [4.69, 9.17) is 0 Å².